The van der Waals surface area contributed by atoms with E-state index in [9.17, 15) is 17.6 Å². The van der Waals surface area contributed by atoms with E-state index in [0.29, 0.717) is 10.9 Å². The summed E-state index contributed by atoms with van der Waals surface area (Å²) in [5, 5.41) is 10.8. The average Bonchev–Trinajstić information content (AvgIpc) is 3.36. The molecule has 10 heteroatoms. The van der Waals surface area contributed by atoms with Gasteiger partial charge in [-0.05, 0) is 49.1 Å². The Labute approximate surface area is 214 Å². The number of ether oxygens (including phenoxy) is 1. The van der Waals surface area contributed by atoms with Crippen LogP contribution < -0.4 is 9.46 Å². The van der Waals surface area contributed by atoms with Crippen LogP contribution in [0.2, 0.25) is 0 Å². The van der Waals surface area contributed by atoms with E-state index in [4.69, 9.17) is 9.84 Å². The zero-order valence-corrected chi connectivity index (χ0v) is 21.8. The first kappa shape index (κ1) is 26.1. The molecular formula is C26H29FN2O5S2. The standard InChI is InChI=1S/C26H29FN2O5S2/c1-3-4-16-5-7-17(8-6-16)18-9-11-19(12-10-18)25-28-24(15-35-25)36(32,33)29-22-14-21(27)20(26(30)31)13-23(22)34-2/h9-17,29H,3-8H2,1-2H3,(H,30,31). The number of aromatic carboxylic acids is 1. The average molecular weight is 533 g/mol. The topological polar surface area (TPSA) is 106 Å². The second-order valence-corrected chi connectivity index (χ2v) is 11.5. The normalized spacial score (nSPS) is 18.1. The highest BCUT2D eigenvalue weighted by molar-refractivity contribution is 7.92. The van der Waals surface area contributed by atoms with Crippen LogP contribution in [0.25, 0.3) is 10.6 Å². The molecule has 1 fully saturated rings. The Kier molecular flexibility index (Phi) is 7.94. The lowest BCUT2D eigenvalue weighted by Crippen LogP contribution is -2.15. The molecule has 0 saturated heterocycles. The summed E-state index contributed by atoms with van der Waals surface area (Å²) in [6.07, 6.45) is 7.50. The Morgan fingerprint density at radius 2 is 1.89 bits per heavy atom. The molecular weight excluding hydrogens is 503 g/mol. The number of methoxy groups -OCH3 is 1. The highest BCUT2D eigenvalue weighted by Gasteiger charge is 2.24. The van der Waals surface area contributed by atoms with Crippen molar-refractivity contribution in [2.75, 3.05) is 11.8 Å². The summed E-state index contributed by atoms with van der Waals surface area (Å²) in [6, 6.07) is 9.86. The molecule has 1 saturated carbocycles. The van der Waals surface area contributed by atoms with Crippen LogP contribution >= 0.6 is 11.3 Å². The third-order valence-corrected chi connectivity index (χ3v) is 8.98. The van der Waals surface area contributed by atoms with Gasteiger partial charge in [0.15, 0.2) is 5.03 Å². The lowest BCUT2D eigenvalue weighted by molar-refractivity contribution is 0.0691. The minimum absolute atomic E-state index is 0.118. The van der Waals surface area contributed by atoms with Gasteiger partial charge in [0.25, 0.3) is 10.0 Å². The van der Waals surface area contributed by atoms with Gasteiger partial charge in [-0.1, -0.05) is 44.0 Å². The molecule has 0 bridgehead atoms. The maximum atomic E-state index is 14.2. The number of hydrogen-bond donors (Lipinski definition) is 2. The van der Waals surface area contributed by atoms with Gasteiger partial charge in [-0.3, -0.25) is 4.72 Å². The van der Waals surface area contributed by atoms with Crippen molar-refractivity contribution in [2.24, 2.45) is 5.92 Å². The molecule has 2 aromatic carbocycles. The number of nitrogens with one attached hydrogen (secondary N) is 1. The third kappa shape index (κ3) is 5.70. The zero-order valence-electron chi connectivity index (χ0n) is 20.2. The predicted octanol–water partition coefficient (Wildman–Crippen LogP) is 6.53. The fourth-order valence-electron chi connectivity index (χ4n) is 4.77. The summed E-state index contributed by atoms with van der Waals surface area (Å²) < 4.78 is 47.3. The van der Waals surface area contributed by atoms with Crippen LogP contribution in [0.3, 0.4) is 0 Å². The number of hydrogen-bond acceptors (Lipinski definition) is 6. The highest BCUT2D eigenvalue weighted by Crippen LogP contribution is 2.38. The fourth-order valence-corrected chi connectivity index (χ4v) is 6.93. The van der Waals surface area contributed by atoms with E-state index in [1.807, 2.05) is 12.1 Å². The van der Waals surface area contributed by atoms with E-state index < -0.39 is 27.4 Å². The van der Waals surface area contributed by atoms with Gasteiger partial charge < -0.3 is 9.84 Å². The van der Waals surface area contributed by atoms with E-state index in [2.05, 4.69) is 28.8 Å². The molecule has 0 spiro atoms. The van der Waals surface area contributed by atoms with Gasteiger partial charge in [0.1, 0.15) is 16.6 Å². The van der Waals surface area contributed by atoms with Crippen LogP contribution in [0.15, 0.2) is 46.8 Å². The van der Waals surface area contributed by atoms with Crippen molar-refractivity contribution in [3.63, 3.8) is 0 Å². The minimum Gasteiger partial charge on any atom is -0.495 e. The lowest BCUT2D eigenvalue weighted by Gasteiger charge is -2.28. The van der Waals surface area contributed by atoms with E-state index in [1.165, 1.54) is 67.9 Å². The van der Waals surface area contributed by atoms with Gasteiger partial charge >= 0.3 is 5.97 Å². The fraction of sp³-hybridized carbons (Fsp3) is 0.385. The maximum Gasteiger partial charge on any atom is 0.338 e. The van der Waals surface area contributed by atoms with Crippen LogP contribution in [0.4, 0.5) is 10.1 Å². The molecule has 1 heterocycles. The summed E-state index contributed by atoms with van der Waals surface area (Å²) in [5.41, 5.74) is 1.29. The van der Waals surface area contributed by atoms with Crippen molar-refractivity contribution in [2.45, 2.75) is 56.4 Å². The molecule has 2 N–H and O–H groups in total. The summed E-state index contributed by atoms with van der Waals surface area (Å²) in [7, 11) is -2.93. The van der Waals surface area contributed by atoms with Gasteiger partial charge in [-0.15, -0.1) is 11.3 Å². The number of benzene rings is 2. The number of aromatic nitrogens is 1. The summed E-state index contributed by atoms with van der Waals surface area (Å²) in [5.74, 6) is -1.28. The van der Waals surface area contributed by atoms with Crippen molar-refractivity contribution in [1.29, 1.82) is 0 Å². The first-order chi connectivity index (χ1) is 17.2. The van der Waals surface area contributed by atoms with Crippen molar-refractivity contribution in [3.05, 3.63) is 58.7 Å². The molecule has 7 nitrogen and oxygen atoms in total. The molecule has 0 atom stereocenters. The number of carbonyl (C=O) groups is 1. The molecule has 0 unspecified atom stereocenters. The SMILES string of the molecule is CCCC1CCC(c2ccc(-c3nc(S(=O)(=O)Nc4cc(F)c(C(=O)O)cc4OC)cs3)cc2)CC1. The molecule has 192 valence electrons. The van der Waals surface area contributed by atoms with Crippen LogP contribution in [0.1, 0.15) is 67.3 Å². The first-order valence-electron chi connectivity index (χ1n) is 11.9. The van der Waals surface area contributed by atoms with Gasteiger partial charge in [0.2, 0.25) is 0 Å². The number of carboxylic acids is 1. The molecule has 0 radical (unpaired) electrons. The monoisotopic (exact) mass is 532 g/mol. The van der Waals surface area contributed by atoms with Crippen LogP contribution in [-0.4, -0.2) is 31.6 Å². The Hall–Kier alpha value is -2.98. The van der Waals surface area contributed by atoms with E-state index in [-0.39, 0.29) is 16.5 Å². The number of sulfonamides is 1. The Balaban J connectivity index is 1.49. The van der Waals surface area contributed by atoms with Crippen molar-refractivity contribution < 1.29 is 27.4 Å². The van der Waals surface area contributed by atoms with E-state index in [0.717, 1.165) is 23.6 Å². The number of anilines is 1. The molecule has 1 aliphatic rings. The second-order valence-electron chi connectivity index (χ2n) is 9.06. The largest absolute Gasteiger partial charge is 0.495 e. The Morgan fingerprint density at radius 3 is 2.50 bits per heavy atom. The predicted molar refractivity (Wildman–Crippen MR) is 138 cm³/mol. The van der Waals surface area contributed by atoms with Gasteiger partial charge in [-0.2, -0.15) is 8.42 Å². The summed E-state index contributed by atoms with van der Waals surface area (Å²) in [4.78, 5) is 15.4. The van der Waals surface area contributed by atoms with Crippen molar-refractivity contribution in [1.82, 2.24) is 4.98 Å². The number of carboxylic acid groups (broad SMARTS) is 1. The van der Waals surface area contributed by atoms with Gasteiger partial charge in [0, 0.05) is 17.0 Å². The van der Waals surface area contributed by atoms with E-state index in [1.54, 1.807) is 0 Å². The molecule has 36 heavy (non-hydrogen) atoms. The van der Waals surface area contributed by atoms with Crippen molar-refractivity contribution >= 4 is 33.0 Å². The number of rotatable bonds is 9. The molecule has 0 amide bonds. The molecule has 1 aliphatic carbocycles. The molecule has 3 aromatic rings. The van der Waals surface area contributed by atoms with Crippen LogP contribution in [0, 0.1) is 11.7 Å². The van der Waals surface area contributed by atoms with Crippen LogP contribution in [0.5, 0.6) is 5.75 Å². The number of halogens is 1. The van der Waals surface area contributed by atoms with E-state index >= 15 is 0 Å². The minimum atomic E-state index is -4.16. The zero-order chi connectivity index (χ0) is 25.9. The summed E-state index contributed by atoms with van der Waals surface area (Å²) in [6.45, 7) is 2.24. The smallest absolute Gasteiger partial charge is 0.338 e. The van der Waals surface area contributed by atoms with Crippen LogP contribution in [-0.2, 0) is 10.0 Å². The Bertz CT molecular complexity index is 1330. The number of thiazole rings is 1. The van der Waals surface area contributed by atoms with Crippen molar-refractivity contribution in [3.8, 4) is 16.3 Å². The Morgan fingerprint density at radius 1 is 1.19 bits per heavy atom. The maximum absolute atomic E-state index is 14.2. The summed E-state index contributed by atoms with van der Waals surface area (Å²) >= 11 is 1.19. The third-order valence-electron chi connectivity index (χ3n) is 6.70. The lowest BCUT2D eigenvalue weighted by atomic mass is 9.77. The quantitative estimate of drug-likeness (QED) is 0.325. The number of nitrogens with zero attached hydrogens (tertiary/aromatic N) is 1. The second kappa shape index (κ2) is 11.0. The van der Waals surface area contributed by atoms with Gasteiger partial charge in [-0.25, -0.2) is 14.2 Å². The van der Waals surface area contributed by atoms with Gasteiger partial charge in [0.05, 0.1) is 18.4 Å². The highest BCUT2D eigenvalue weighted by atomic mass is 32.2. The molecule has 4 rings (SSSR count). The first-order valence-corrected chi connectivity index (χ1v) is 14.3. The molecule has 0 aliphatic heterocycles. The molecule has 1 aromatic heterocycles.